The van der Waals surface area contributed by atoms with E-state index in [0.29, 0.717) is 27.6 Å². The van der Waals surface area contributed by atoms with Gasteiger partial charge in [0.15, 0.2) is 6.61 Å². The highest BCUT2D eigenvalue weighted by Gasteiger charge is 2.33. The number of pyridine rings is 1. The Morgan fingerprint density at radius 2 is 1.70 bits per heavy atom. The highest BCUT2D eigenvalue weighted by Crippen LogP contribution is 2.39. The van der Waals surface area contributed by atoms with Crippen molar-refractivity contribution in [1.29, 1.82) is 0 Å². The molecule has 0 spiro atoms. The van der Waals surface area contributed by atoms with Crippen LogP contribution in [-0.4, -0.2) is 28.3 Å². The molecule has 0 N–H and O–H groups in total. The molecule has 1 atom stereocenters. The number of para-hydroxylation sites is 1. The number of nitrogens with zero attached hydrogens (tertiary/aromatic N) is 2. The summed E-state index contributed by atoms with van der Waals surface area (Å²) in [5.41, 5.74) is 3.32. The van der Waals surface area contributed by atoms with E-state index in [1.54, 1.807) is 30.3 Å². The number of Topliss-reactive ketones (excluding diaryl/α,β-unsaturated/α-hetero) is 1. The van der Waals surface area contributed by atoms with Gasteiger partial charge in [-0.2, -0.15) is 0 Å². The summed E-state index contributed by atoms with van der Waals surface area (Å²) in [6, 6.07) is 16.9. The highest BCUT2D eigenvalue weighted by atomic mass is 16.6. The fraction of sp³-hybridized carbons (Fsp3) is 0.300. The van der Waals surface area contributed by atoms with Crippen molar-refractivity contribution in [2.24, 2.45) is 11.3 Å². The third kappa shape index (κ3) is 4.57. The van der Waals surface area contributed by atoms with E-state index < -0.39 is 23.3 Å². The molecule has 7 heteroatoms. The maximum Gasteiger partial charge on any atom is 0.339 e. The van der Waals surface area contributed by atoms with Crippen molar-refractivity contribution in [1.82, 2.24) is 4.98 Å². The summed E-state index contributed by atoms with van der Waals surface area (Å²) in [7, 11) is 0. The monoisotopic (exact) mass is 496 g/mol. The second kappa shape index (κ2) is 9.39. The van der Waals surface area contributed by atoms with E-state index in [-0.39, 0.29) is 16.7 Å². The van der Waals surface area contributed by atoms with E-state index in [4.69, 9.17) is 9.72 Å². The molecule has 0 fully saturated rings. The van der Waals surface area contributed by atoms with Gasteiger partial charge in [0.2, 0.25) is 5.78 Å². The summed E-state index contributed by atoms with van der Waals surface area (Å²) in [6.45, 7) is 6.17. The molecule has 0 aliphatic heterocycles. The number of fused-ring (bicyclic) bond motifs is 3. The quantitative estimate of drug-likeness (QED) is 0.136. The largest absolute Gasteiger partial charge is 0.454 e. The molecule has 1 unspecified atom stereocenters. The first kappa shape index (κ1) is 24.6. The van der Waals surface area contributed by atoms with E-state index in [1.807, 2.05) is 24.3 Å². The Hall–Kier alpha value is -4.13. The molecule has 0 saturated carbocycles. The SMILES string of the molecule is CC(C)(C)C1CCc2nc3ccccc3c(C(=O)OCC(=O)c3cccc4c([N+](=O)[O-])cccc34)c2C1. The van der Waals surface area contributed by atoms with Gasteiger partial charge in [0.05, 0.1) is 21.4 Å². The van der Waals surface area contributed by atoms with E-state index in [0.717, 1.165) is 36.0 Å². The molecule has 37 heavy (non-hydrogen) atoms. The Morgan fingerprint density at radius 1 is 1.00 bits per heavy atom. The van der Waals surface area contributed by atoms with Gasteiger partial charge in [-0.15, -0.1) is 0 Å². The van der Waals surface area contributed by atoms with Gasteiger partial charge in [-0.25, -0.2) is 4.79 Å². The van der Waals surface area contributed by atoms with Crippen LogP contribution in [0.5, 0.6) is 0 Å². The first-order chi connectivity index (χ1) is 17.6. The summed E-state index contributed by atoms with van der Waals surface area (Å²) in [5.74, 6) is -0.578. The normalized spacial score (nSPS) is 15.4. The highest BCUT2D eigenvalue weighted by molar-refractivity contribution is 6.12. The van der Waals surface area contributed by atoms with Gasteiger partial charge in [0, 0.05) is 22.7 Å². The summed E-state index contributed by atoms with van der Waals surface area (Å²) in [6.07, 6.45) is 2.51. The average Bonchev–Trinajstić information content (AvgIpc) is 2.88. The number of carbonyl (C=O) groups excluding carboxylic acids is 2. The molecule has 0 amide bonds. The standard InChI is InChI=1S/C30H28N2O5/c1-30(2,3)18-14-15-25-23(16-18)28(22-8-4-5-12-24(22)31-25)29(34)37-17-27(33)21-11-6-10-20-19(21)9-7-13-26(20)32(35)36/h4-13,18H,14-17H2,1-3H3. The Kier molecular flexibility index (Phi) is 6.23. The minimum Gasteiger partial charge on any atom is -0.454 e. The fourth-order valence-corrected chi connectivity index (χ4v) is 5.34. The predicted molar refractivity (Wildman–Crippen MR) is 142 cm³/mol. The van der Waals surface area contributed by atoms with Crippen LogP contribution in [0.2, 0.25) is 0 Å². The second-order valence-corrected chi connectivity index (χ2v) is 10.7. The lowest BCUT2D eigenvalue weighted by molar-refractivity contribution is -0.383. The lowest BCUT2D eigenvalue weighted by Crippen LogP contribution is -2.29. The molecule has 0 bridgehead atoms. The van der Waals surface area contributed by atoms with Crippen molar-refractivity contribution in [2.45, 2.75) is 40.0 Å². The van der Waals surface area contributed by atoms with Gasteiger partial charge in [-0.05, 0) is 53.7 Å². The number of hydrogen-bond donors (Lipinski definition) is 0. The molecule has 188 valence electrons. The van der Waals surface area contributed by atoms with Gasteiger partial charge < -0.3 is 4.74 Å². The zero-order valence-corrected chi connectivity index (χ0v) is 21.1. The van der Waals surface area contributed by atoms with Crippen LogP contribution in [0.15, 0.2) is 60.7 Å². The van der Waals surface area contributed by atoms with Crippen LogP contribution in [0, 0.1) is 21.4 Å². The lowest BCUT2D eigenvalue weighted by Gasteiger charge is -2.35. The number of nitro benzene ring substituents is 1. The van der Waals surface area contributed by atoms with E-state index in [2.05, 4.69) is 20.8 Å². The fourth-order valence-electron chi connectivity index (χ4n) is 5.34. The second-order valence-electron chi connectivity index (χ2n) is 10.7. The Morgan fingerprint density at radius 3 is 2.46 bits per heavy atom. The number of non-ortho nitro benzene ring substituents is 1. The topological polar surface area (TPSA) is 99.4 Å². The van der Waals surface area contributed by atoms with Crippen LogP contribution in [-0.2, 0) is 17.6 Å². The molecule has 1 heterocycles. The van der Waals surface area contributed by atoms with Crippen LogP contribution in [0.3, 0.4) is 0 Å². The van der Waals surface area contributed by atoms with Crippen molar-refractivity contribution >= 4 is 39.1 Å². The van der Waals surface area contributed by atoms with Crippen LogP contribution in [0.4, 0.5) is 5.69 Å². The van der Waals surface area contributed by atoms with Crippen LogP contribution in [0.25, 0.3) is 21.7 Å². The summed E-state index contributed by atoms with van der Waals surface area (Å²) in [4.78, 5) is 42.5. The Bertz CT molecular complexity index is 1570. The number of hydrogen-bond acceptors (Lipinski definition) is 6. The number of nitro groups is 1. The van der Waals surface area contributed by atoms with Gasteiger partial charge in [-0.1, -0.05) is 63.2 Å². The molecular formula is C30H28N2O5. The van der Waals surface area contributed by atoms with Crippen LogP contribution >= 0.6 is 0 Å². The summed E-state index contributed by atoms with van der Waals surface area (Å²) >= 11 is 0. The van der Waals surface area contributed by atoms with Crippen molar-refractivity contribution in [3.63, 3.8) is 0 Å². The van der Waals surface area contributed by atoms with Gasteiger partial charge in [0.1, 0.15) is 0 Å². The number of aryl methyl sites for hydroxylation is 1. The van der Waals surface area contributed by atoms with Gasteiger partial charge in [-0.3, -0.25) is 19.9 Å². The number of esters is 1. The Labute approximate surface area is 214 Å². The zero-order chi connectivity index (χ0) is 26.3. The molecule has 4 aromatic rings. The number of ketones is 1. The maximum atomic E-state index is 13.5. The van der Waals surface area contributed by atoms with E-state index in [9.17, 15) is 19.7 Å². The molecule has 3 aromatic carbocycles. The molecule has 1 aromatic heterocycles. The molecule has 1 aliphatic rings. The smallest absolute Gasteiger partial charge is 0.339 e. The predicted octanol–water partition coefficient (Wildman–Crippen LogP) is 6.49. The van der Waals surface area contributed by atoms with Gasteiger partial charge in [0.25, 0.3) is 5.69 Å². The zero-order valence-electron chi connectivity index (χ0n) is 21.1. The minimum atomic E-state index is -0.552. The third-order valence-electron chi connectivity index (χ3n) is 7.42. The molecular weight excluding hydrogens is 468 g/mol. The number of rotatable bonds is 5. The minimum absolute atomic E-state index is 0.0765. The molecule has 1 aliphatic carbocycles. The van der Waals surface area contributed by atoms with Crippen molar-refractivity contribution in [2.75, 3.05) is 6.61 Å². The number of benzene rings is 3. The molecule has 0 saturated heterocycles. The summed E-state index contributed by atoms with van der Waals surface area (Å²) < 4.78 is 5.62. The molecule has 5 rings (SSSR count). The van der Waals surface area contributed by atoms with Crippen molar-refractivity contribution < 1.29 is 19.2 Å². The summed E-state index contributed by atoms with van der Waals surface area (Å²) in [5, 5.41) is 13.0. The van der Waals surface area contributed by atoms with Crippen LogP contribution < -0.4 is 0 Å². The molecule has 7 nitrogen and oxygen atoms in total. The molecule has 0 radical (unpaired) electrons. The van der Waals surface area contributed by atoms with Crippen LogP contribution in [0.1, 0.15) is 59.2 Å². The van der Waals surface area contributed by atoms with E-state index >= 15 is 0 Å². The first-order valence-corrected chi connectivity index (χ1v) is 12.4. The Balaban J connectivity index is 1.48. The van der Waals surface area contributed by atoms with Crippen molar-refractivity contribution in [3.05, 3.63) is 93.2 Å². The lowest BCUT2D eigenvalue weighted by atomic mass is 9.70. The third-order valence-corrected chi connectivity index (χ3v) is 7.42. The van der Waals surface area contributed by atoms with E-state index in [1.165, 1.54) is 6.07 Å². The number of aromatic nitrogens is 1. The van der Waals surface area contributed by atoms with Crippen molar-refractivity contribution in [3.8, 4) is 0 Å². The maximum absolute atomic E-state index is 13.5. The number of carbonyl (C=O) groups is 2. The first-order valence-electron chi connectivity index (χ1n) is 12.4. The average molecular weight is 497 g/mol. The van der Waals surface area contributed by atoms with Gasteiger partial charge >= 0.3 is 5.97 Å². The number of ether oxygens (including phenoxy) is 1.